The van der Waals surface area contributed by atoms with Crippen LogP contribution < -0.4 is 0 Å². The van der Waals surface area contributed by atoms with E-state index in [1.54, 1.807) is 6.92 Å². The molecular weight excluding hydrogens is 287 g/mol. The molecule has 0 N–H and O–H groups in total. The van der Waals surface area contributed by atoms with Crippen molar-refractivity contribution in [3.8, 4) is 0 Å². The van der Waals surface area contributed by atoms with Crippen LogP contribution in [0.4, 0.5) is 13.2 Å². The highest BCUT2D eigenvalue weighted by Gasteiger charge is 2.30. The van der Waals surface area contributed by atoms with Gasteiger partial charge in [0.15, 0.2) is 0 Å². The molecule has 0 aliphatic carbocycles. The molecule has 1 aromatic rings. The summed E-state index contributed by atoms with van der Waals surface area (Å²) >= 11 is 0. The van der Waals surface area contributed by atoms with Gasteiger partial charge in [-0.25, -0.2) is 0 Å². The maximum atomic E-state index is 12.4. The normalized spacial score (nSPS) is 11.1. The zero-order chi connectivity index (χ0) is 16.0. The summed E-state index contributed by atoms with van der Waals surface area (Å²) in [6, 6.07) is 3.94. The zero-order valence-corrected chi connectivity index (χ0v) is 11.7. The minimum atomic E-state index is -4.43. The Labute approximate surface area is 120 Å². The lowest BCUT2D eigenvalue weighted by atomic mass is 10.1. The van der Waals surface area contributed by atoms with E-state index in [9.17, 15) is 22.8 Å². The Balaban J connectivity index is 2.64. The molecule has 0 saturated heterocycles. The number of carbonyl (C=O) groups excluding carboxylic acids is 2. The number of esters is 1. The number of hydrogen-bond acceptors (Lipinski definition) is 3. The predicted octanol–water partition coefficient (Wildman–Crippen LogP) is 2.73. The van der Waals surface area contributed by atoms with E-state index in [4.69, 9.17) is 4.74 Å². The van der Waals surface area contributed by atoms with E-state index in [-0.39, 0.29) is 25.1 Å². The van der Waals surface area contributed by atoms with Crippen molar-refractivity contribution in [2.45, 2.75) is 19.5 Å². The molecule has 0 aliphatic rings. The number of amides is 1. The topological polar surface area (TPSA) is 46.6 Å². The monoisotopic (exact) mass is 303 g/mol. The second-order valence-electron chi connectivity index (χ2n) is 4.36. The average molecular weight is 303 g/mol. The van der Waals surface area contributed by atoms with E-state index in [0.29, 0.717) is 0 Å². The van der Waals surface area contributed by atoms with Crippen molar-refractivity contribution in [2.24, 2.45) is 0 Å². The molecule has 0 heterocycles. The average Bonchev–Trinajstić information content (AvgIpc) is 2.43. The van der Waals surface area contributed by atoms with Crippen LogP contribution in [0.1, 0.15) is 29.3 Å². The van der Waals surface area contributed by atoms with Crippen LogP contribution in [0.15, 0.2) is 24.3 Å². The van der Waals surface area contributed by atoms with Gasteiger partial charge >= 0.3 is 12.1 Å². The number of halogens is 3. The Kier molecular flexibility index (Phi) is 5.75. The first-order valence-corrected chi connectivity index (χ1v) is 6.34. The smallest absolute Gasteiger partial charge is 0.416 e. The Morgan fingerprint density at radius 3 is 2.24 bits per heavy atom. The second-order valence-corrected chi connectivity index (χ2v) is 4.36. The highest BCUT2D eigenvalue weighted by atomic mass is 19.4. The summed E-state index contributed by atoms with van der Waals surface area (Å²) in [6.45, 7) is 2.07. The molecule has 1 rings (SSSR count). The van der Waals surface area contributed by atoms with Crippen LogP contribution >= 0.6 is 0 Å². The van der Waals surface area contributed by atoms with Crippen molar-refractivity contribution in [1.82, 2.24) is 4.90 Å². The third-order valence-electron chi connectivity index (χ3n) is 2.76. The van der Waals surface area contributed by atoms with Crippen LogP contribution in [0, 0.1) is 0 Å². The van der Waals surface area contributed by atoms with Crippen molar-refractivity contribution < 1.29 is 27.5 Å². The lowest BCUT2D eigenvalue weighted by Crippen LogP contribution is -2.29. The Bertz CT molecular complexity index is 497. The number of benzene rings is 1. The van der Waals surface area contributed by atoms with Crippen molar-refractivity contribution in [3.63, 3.8) is 0 Å². The quantitative estimate of drug-likeness (QED) is 0.786. The van der Waals surface area contributed by atoms with Gasteiger partial charge in [0, 0.05) is 19.2 Å². The summed E-state index contributed by atoms with van der Waals surface area (Å²) in [7, 11) is 1.47. The molecule has 0 atom stereocenters. The fourth-order valence-electron chi connectivity index (χ4n) is 1.62. The summed E-state index contributed by atoms with van der Waals surface area (Å²) in [5.41, 5.74) is -0.678. The third kappa shape index (κ3) is 5.09. The molecule has 4 nitrogen and oxygen atoms in total. The van der Waals surface area contributed by atoms with Gasteiger partial charge in [-0.1, -0.05) is 0 Å². The molecule has 0 unspecified atom stereocenters. The number of ether oxygens (including phenoxy) is 1. The van der Waals surface area contributed by atoms with Gasteiger partial charge in [-0.2, -0.15) is 13.2 Å². The Hall–Kier alpha value is -2.05. The number of hydrogen-bond donors (Lipinski definition) is 0. The maximum absolute atomic E-state index is 12.4. The van der Waals surface area contributed by atoms with Gasteiger partial charge in [0.25, 0.3) is 5.91 Å². The largest absolute Gasteiger partial charge is 0.466 e. The van der Waals surface area contributed by atoms with E-state index in [1.165, 1.54) is 11.9 Å². The molecule has 7 heteroatoms. The minimum absolute atomic E-state index is 0.0384. The first-order chi connectivity index (χ1) is 9.75. The van der Waals surface area contributed by atoms with Crippen molar-refractivity contribution >= 4 is 11.9 Å². The van der Waals surface area contributed by atoms with E-state index in [1.807, 2.05) is 0 Å². The molecular formula is C14H16F3NO3. The summed E-state index contributed by atoms with van der Waals surface area (Å²) in [5, 5.41) is 0. The van der Waals surface area contributed by atoms with Gasteiger partial charge in [0.1, 0.15) is 0 Å². The SMILES string of the molecule is CCOC(=O)CCN(C)C(=O)c1ccc(C(F)(F)F)cc1. The zero-order valence-electron chi connectivity index (χ0n) is 11.7. The Morgan fingerprint density at radius 1 is 1.19 bits per heavy atom. The van der Waals surface area contributed by atoms with Crippen molar-refractivity contribution in [3.05, 3.63) is 35.4 Å². The van der Waals surface area contributed by atoms with E-state index in [0.717, 1.165) is 24.3 Å². The summed E-state index contributed by atoms with van der Waals surface area (Å²) in [4.78, 5) is 24.4. The number of rotatable bonds is 5. The molecule has 0 bridgehead atoms. The molecule has 0 aliphatic heterocycles. The molecule has 21 heavy (non-hydrogen) atoms. The molecule has 1 amide bonds. The van der Waals surface area contributed by atoms with Gasteiger partial charge in [-0.15, -0.1) is 0 Å². The molecule has 0 aromatic heterocycles. The second kappa shape index (κ2) is 7.10. The highest BCUT2D eigenvalue weighted by Crippen LogP contribution is 2.29. The van der Waals surface area contributed by atoms with Gasteiger partial charge in [-0.05, 0) is 31.2 Å². The molecule has 0 spiro atoms. The van der Waals surface area contributed by atoms with Crippen LogP contribution in [0.5, 0.6) is 0 Å². The lowest BCUT2D eigenvalue weighted by Gasteiger charge is -2.17. The van der Waals surface area contributed by atoms with Gasteiger partial charge in [0.2, 0.25) is 0 Å². The van der Waals surface area contributed by atoms with E-state index >= 15 is 0 Å². The van der Waals surface area contributed by atoms with Crippen molar-refractivity contribution in [2.75, 3.05) is 20.2 Å². The first-order valence-electron chi connectivity index (χ1n) is 6.34. The molecule has 0 radical (unpaired) electrons. The number of carbonyl (C=O) groups is 2. The van der Waals surface area contributed by atoms with Crippen LogP contribution in [-0.4, -0.2) is 37.0 Å². The van der Waals surface area contributed by atoms with Crippen LogP contribution in [-0.2, 0) is 15.7 Å². The molecule has 0 fully saturated rings. The molecule has 0 saturated carbocycles. The van der Waals surface area contributed by atoms with E-state index < -0.39 is 23.6 Å². The molecule has 1 aromatic carbocycles. The highest BCUT2D eigenvalue weighted by molar-refractivity contribution is 5.94. The van der Waals surface area contributed by atoms with E-state index in [2.05, 4.69) is 0 Å². The maximum Gasteiger partial charge on any atom is 0.416 e. The summed E-state index contributed by atoms with van der Waals surface area (Å²) in [5.74, 6) is -0.877. The lowest BCUT2D eigenvalue weighted by molar-refractivity contribution is -0.143. The van der Waals surface area contributed by atoms with Crippen LogP contribution in [0.2, 0.25) is 0 Å². The number of nitrogens with zero attached hydrogens (tertiary/aromatic N) is 1. The summed E-state index contributed by atoms with van der Waals surface area (Å²) in [6.07, 6.45) is -4.39. The number of alkyl halides is 3. The summed E-state index contributed by atoms with van der Waals surface area (Å²) < 4.78 is 42.0. The fourth-order valence-corrected chi connectivity index (χ4v) is 1.62. The molecule has 116 valence electrons. The van der Waals surface area contributed by atoms with Crippen LogP contribution in [0.3, 0.4) is 0 Å². The standard InChI is InChI=1S/C14H16F3NO3/c1-3-21-12(19)8-9-18(2)13(20)10-4-6-11(7-5-10)14(15,16)17/h4-7H,3,8-9H2,1-2H3. The van der Waals surface area contributed by atoms with Gasteiger partial charge < -0.3 is 9.64 Å². The third-order valence-corrected chi connectivity index (χ3v) is 2.76. The predicted molar refractivity (Wildman–Crippen MR) is 69.7 cm³/mol. The van der Waals surface area contributed by atoms with Crippen LogP contribution in [0.25, 0.3) is 0 Å². The minimum Gasteiger partial charge on any atom is -0.466 e. The van der Waals surface area contributed by atoms with Crippen molar-refractivity contribution in [1.29, 1.82) is 0 Å². The first kappa shape index (κ1) is 17.0. The van der Waals surface area contributed by atoms with Gasteiger partial charge in [0.05, 0.1) is 18.6 Å². The fraction of sp³-hybridized carbons (Fsp3) is 0.429. The Morgan fingerprint density at radius 2 is 1.76 bits per heavy atom. The van der Waals surface area contributed by atoms with Gasteiger partial charge in [-0.3, -0.25) is 9.59 Å².